The minimum absolute atomic E-state index is 0.308. The maximum Gasteiger partial charge on any atom is 0.205 e. The highest BCUT2D eigenvalue weighted by Crippen LogP contribution is 2.15. The molecule has 0 spiro atoms. The van der Waals surface area contributed by atoms with Gasteiger partial charge in [0.1, 0.15) is 5.82 Å². The lowest BCUT2D eigenvalue weighted by Gasteiger charge is -2.03. The van der Waals surface area contributed by atoms with Crippen molar-refractivity contribution in [3.05, 3.63) is 65.5 Å². The number of benzene rings is 2. The van der Waals surface area contributed by atoms with Crippen LogP contribution < -0.4 is 0 Å². The summed E-state index contributed by atoms with van der Waals surface area (Å²) in [5.74, 6) is 0.121. The van der Waals surface area contributed by atoms with Gasteiger partial charge < -0.3 is 0 Å². The molecule has 1 heterocycles. The third-order valence-electron chi connectivity index (χ3n) is 3.11. The molecule has 20 heavy (non-hydrogen) atoms. The molecule has 3 rings (SSSR count). The predicted molar refractivity (Wildman–Crippen MR) is 73.5 cm³/mol. The Hall–Kier alpha value is -2.56. The molecule has 0 saturated carbocycles. The molecule has 0 saturated heterocycles. The molecule has 0 aliphatic carbocycles. The third kappa shape index (κ3) is 2.56. The largest absolute Gasteiger partial charge is 0.207 e. The lowest BCUT2D eigenvalue weighted by atomic mass is 10.1. The summed E-state index contributed by atoms with van der Waals surface area (Å²) in [6.07, 6.45) is 0. The molecule has 0 unspecified atom stereocenters. The predicted octanol–water partition coefficient (Wildman–Crippen LogP) is 2.84. The van der Waals surface area contributed by atoms with Crippen molar-refractivity contribution >= 4 is 0 Å². The Morgan fingerprint density at radius 1 is 1.10 bits per heavy atom. The lowest BCUT2D eigenvalue weighted by molar-refractivity contribution is 0.571. The van der Waals surface area contributed by atoms with E-state index in [0.717, 1.165) is 5.56 Å². The van der Waals surface area contributed by atoms with Crippen LogP contribution in [-0.4, -0.2) is 20.2 Å². The van der Waals surface area contributed by atoms with Crippen molar-refractivity contribution in [2.45, 2.75) is 13.5 Å². The molecule has 0 fully saturated rings. The number of aromatic nitrogens is 4. The molecule has 0 N–H and O–H groups in total. The molecule has 0 aliphatic rings. The van der Waals surface area contributed by atoms with E-state index in [1.165, 1.54) is 22.5 Å². The van der Waals surface area contributed by atoms with Gasteiger partial charge in [0.15, 0.2) is 0 Å². The van der Waals surface area contributed by atoms with E-state index in [1.807, 2.05) is 31.2 Å². The molecule has 2 aromatic carbocycles. The number of hydrogen-bond donors (Lipinski definition) is 0. The van der Waals surface area contributed by atoms with Crippen LogP contribution in [0, 0.1) is 12.7 Å². The molecule has 3 aromatic rings. The van der Waals surface area contributed by atoms with Crippen LogP contribution in [0.5, 0.6) is 0 Å². The minimum atomic E-state index is -0.308. The number of nitrogens with zero attached hydrogens (tertiary/aromatic N) is 4. The van der Waals surface area contributed by atoms with Gasteiger partial charge in [0.05, 0.1) is 6.54 Å². The summed E-state index contributed by atoms with van der Waals surface area (Å²) in [4.78, 5) is 1.52. The summed E-state index contributed by atoms with van der Waals surface area (Å²) in [7, 11) is 0. The fraction of sp³-hybridized carbons (Fsp3) is 0.133. The van der Waals surface area contributed by atoms with Gasteiger partial charge in [0.2, 0.25) is 5.82 Å². The zero-order valence-electron chi connectivity index (χ0n) is 11.0. The summed E-state index contributed by atoms with van der Waals surface area (Å²) in [6, 6.07) is 14.2. The zero-order valence-corrected chi connectivity index (χ0v) is 11.0. The van der Waals surface area contributed by atoms with Crippen molar-refractivity contribution in [2.75, 3.05) is 0 Å². The summed E-state index contributed by atoms with van der Waals surface area (Å²) in [6.45, 7) is 2.59. The number of rotatable bonds is 3. The highest BCUT2D eigenvalue weighted by molar-refractivity contribution is 5.53. The van der Waals surface area contributed by atoms with Crippen LogP contribution >= 0.6 is 0 Å². The molecule has 0 bridgehead atoms. The van der Waals surface area contributed by atoms with E-state index < -0.39 is 0 Å². The van der Waals surface area contributed by atoms with Crippen LogP contribution in [0.1, 0.15) is 11.1 Å². The lowest BCUT2D eigenvalue weighted by Crippen LogP contribution is -2.05. The summed E-state index contributed by atoms with van der Waals surface area (Å²) in [5, 5.41) is 12.3. The Balaban J connectivity index is 1.86. The Morgan fingerprint density at radius 2 is 1.95 bits per heavy atom. The van der Waals surface area contributed by atoms with E-state index in [4.69, 9.17) is 0 Å². The average molecular weight is 268 g/mol. The van der Waals surface area contributed by atoms with Crippen LogP contribution in [0.25, 0.3) is 11.4 Å². The maximum absolute atomic E-state index is 13.2. The number of aryl methyl sites for hydroxylation is 1. The van der Waals surface area contributed by atoms with Gasteiger partial charge in [-0.15, -0.1) is 10.2 Å². The van der Waals surface area contributed by atoms with E-state index in [2.05, 4.69) is 15.4 Å². The van der Waals surface area contributed by atoms with Crippen molar-refractivity contribution in [3.8, 4) is 11.4 Å². The zero-order chi connectivity index (χ0) is 13.9. The van der Waals surface area contributed by atoms with Crippen LogP contribution in [0.3, 0.4) is 0 Å². The Labute approximate surface area is 115 Å². The molecule has 100 valence electrons. The Morgan fingerprint density at radius 3 is 2.75 bits per heavy atom. The molecule has 0 aliphatic heterocycles. The molecule has 0 radical (unpaired) electrons. The second-order valence-electron chi connectivity index (χ2n) is 4.58. The first-order valence-corrected chi connectivity index (χ1v) is 6.30. The fourth-order valence-electron chi connectivity index (χ4n) is 1.99. The molecule has 4 nitrogen and oxygen atoms in total. The topological polar surface area (TPSA) is 43.6 Å². The van der Waals surface area contributed by atoms with Crippen molar-refractivity contribution in [2.24, 2.45) is 0 Å². The van der Waals surface area contributed by atoms with Gasteiger partial charge in [0, 0.05) is 5.56 Å². The van der Waals surface area contributed by atoms with E-state index in [0.29, 0.717) is 17.9 Å². The first kappa shape index (κ1) is 12.5. The van der Waals surface area contributed by atoms with Gasteiger partial charge in [-0.05, 0) is 35.4 Å². The van der Waals surface area contributed by atoms with Crippen molar-refractivity contribution in [1.82, 2.24) is 20.2 Å². The fourth-order valence-corrected chi connectivity index (χ4v) is 1.99. The van der Waals surface area contributed by atoms with E-state index in [-0.39, 0.29) is 5.82 Å². The minimum Gasteiger partial charge on any atom is -0.207 e. The summed E-state index contributed by atoms with van der Waals surface area (Å²) >= 11 is 0. The van der Waals surface area contributed by atoms with Crippen molar-refractivity contribution in [3.63, 3.8) is 0 Å². The Kier molecular flexibility index (Phi) is 3.25. The molecule has 5 heteroatoms. The second kappa shape index (κ2) is 5.21. The molecule has 0 atom stereocenters. The standard InChI is InChI=1S/C15H13FN4/c1-11-5-2-3-6-13(11)10-20-18-15(17-19-20)12-7-4-8-14(16)9-12/h2-9H,10H2,1H3. The maximum atomic E-state index is 13.2. The van der Waals surface area contributed by atoms with Crippen LogP contribution in [0.4, 0.5) is 4.39 Å². The monoisotopic (exact) mass is 268 g/mol. The first-order chi connectivity index (χ1) is 9.72. The van der Waals surface area contributed by atoms with E-state index in [9.17, 15) is 4.39 Å². The first-order valence-electron chi connectivity index (χ1n) is 6.30. The number of tetrazole rings is 1. The van der Waals surface area contributed by atoms with Gasteiger partial charge in [-0.1, -0.05) is 36.4 Å². The van der Waals surface area contributed by atoms with Crippen LogP contribution in [0.15, 0.2) is 48.5 Å². The van der Waals surface area contributed by atoms with Crippen molar-refractivity contribution in [1.29, 1.82) is 0 Å². The average Bonchev–Trinajstić information content (AvgIpc) is 2.90. The van der Waals surface area contributed by atoms with Gasteiger partial charge in [0.25, 0.3) is 0 Å². The van der Waals surface area contributed by atoms with Gasteiger partial charge in [-0.3, -0.25) is 0 Å². The SMILES string of the molecule is Cc1ccccc1Cn1nnc(-c2cccc(F)c2)n1. The summed E-state index contributed by atoms with van der Waals surface area (Å²) in [5.41, 5.74) is 2.94. The Bertz CT molecular complexity index is 736. The van der Waals surface area contributed by atoms with Gasteiger partial charge in [-0.25, -0.2) is 4.39 Å². The second-order valence-corrected chi connectivity index (χ2v) is 4.58. The highest BCUT2D eigenvalue weighted by Gasteiger charge is 2.07. The highest BCUT2D eigenvalue weighted by atomic mass is 19.1. The quantitative estimate of drug-likeness (QED) is 0.733. The van der Waals surface area contributed by atoms with Crippen LogP contribution in [0.2, 0.25) is 0 Å². The molecular weight excluding hydrogens is 255 g/mol. The van der Waals surface area contributed by atoms with Crippen molar-refractivity contribution < 1.29 is 4.39 Å². The van der Waals surface area contributed by atoms with E-state index >= 15 is 0 Å². The third-order valence-corrected chi connectivity index (χ3v) is 3.11. The molecule has 0 amide bonds. The molecule has 1 aromatic heterocycles. The van der Waals surface area contributed by atoms with Gasteiger partial charge >= 0.3 is 0 Å². The smallest absolute Gasteiger partial charge is 0.205 e. The van der Waals surface area contributed by atoms with Crippen LogP contribution in [-0.2, 0) is 6.54 Å². The normalized spacial score (nSPS) is 10.7. The molecular formula is C15H13FN4. The number of hydrogen-bond acceptors (Lipinski definition) is 3. The summed E-state index contributed by atoms with van der Waals surface area (Å²) < 4.78 is 13.2. The van der Waals surface area contributed by atoms with Gasteiger partial charge in [-0.2, -0.15) is 4.80 Å². The number of halogens is 1. The van der Waals surface area contributed by atoms with E-state index in [1.54, 1.807) is 12.1 Å².